The van der Waals surface area contributed by atoms with Crippen molar-refractivity contribution in [3.05, 3.63) is 40.9 Å². The van der Waals surface area contributed by atoms with E-state index in [1.807, 2.05) is 35.3 Å². The molecular formula is C10H6N2Se2. The monoisotopic (exact) mass is 314 g/mol. The van der Waals surface area contributed by atoms with E-state index in [-0.39, 0.29) is 29.9 Å². The van der Waals surface area contributed by atoms with Crippen LogP contribution in [0.3, 0.4) is 0 Å². The van der Waals surface area contributed by atoms with Crippen LogP contribution in [-0.4, -0.2) is 29.9 Å². The molecule has 0 aliphatic rings. The molecule has 68 valence electrons. The standard InChI is InChI=1S/C10H6N2Se2/c11-7-13-6-10(14-8-12)9-4-2-1-3-5-9/h1-6H/b10-6+. The fraction of sp³-hybridized carbons (Fsp3) is 0. The van der Waals surface area contributed by atoms with Crippen molar-refractivity contribution in [3.63, 3.8) is 0 Å². The van der Waals surface area contributed by atoms with Crippen LogP contribution in [0.2, 0.25) is 0 Å². The van der Waals surface area contributed by atoms with Gasteiger partial charge in [0.1, 0.15) is 0 Å². The second-order valence-corrected chi connectivity index (χ2v) is 5.36. The molecular weight excluding hydrogens is 306 g/mol. The Labute approximate surface area is 95.5 Å². The SMILES string of the molecule is N#C[Se]/C=C(/[Se]C#N)c1ccccc1. The van der Waals surface area contributed by atoms with Gasteiger partial charge in [0.2, 0.25) is 0 Å². The van der Waals surface area contributed by atoms with Gasteiger partial charge in [-0.15, -0.1) is 0 Å². The number of nitrogens with zero attached hydrogens (tertiary/aromatic N) is 2. The van der Waals surface area contributed by atoms with Gasteiger partial charge in [-0.2, -0.15) is 0 Å². The summed E-state index contributed by atoms with van der Waals surface area (Å²) in [6.45, 7) is 0. The van der Waals surface area contributed by atoms with Crippen LogP contribution in [0.25, 0.3) is 4.47 Å². The number of hydrogen-bond acceptors (Lipinski definition) is 2. The molecule has 0 aromatic heterocycles. The first-order chi connectivity index (χ1) is 6.88. The van der Waals surface area contributed by atoms with E-state index >= 15 is 0 Å². The van der Waals surface area contributed by atoms with Crippen molar-refractivity contribution < 1.29 is 0 Å². The number of nitriles is 2. The second-order valence-electron chi connectivity index (χ2n) is 2.25. The van der Waals surface area contributed by atoms with Gasteiger partial charge in [0.25, 0.3) is 0 Å². The molecule has 1 aromatic carbocycles. The molecule has 2 nitrogen and oxygen atoms in total. The Balaban J connectivity index is 2.91. The normalized spacial score (nSPS) is 10.3. The van der Waals surface area contributed by atoms with Crippen molar-refractivity contribution in [3.8, 4) is 9.94 Å². The van der Waals surface area contributed by atoms with Crippen molar-refractivity contribution in [1.82, 2.24) is 0 Å². The van der Waals surface area contributed by atoms with Gasteiger partial charge in [-0.1, -0.05) is 0 Å². The Bertz CT molecular complexity index is 398. The van der Waals surface area contributed by atoms with E-state index in [0.29, 0.717) is 0 Å². The Kier molecular flexibility index (Phi) is 5.08. The van der Waals surface area contributed by atoms with E-state index in [0.717, 1.165) is 10.0 Å². The summed E-state index contributed by atoms with van der Waals surface area (Å²) in [5.41, 5.74) is 1.06. The summed E-state index contributed by atoms with van der Waals surface area (Å²) in [5, 5.41) is 17.1. The molecule has 0 fully saturated rings. The maximum atomic E-state index is 8.66. The third-order valence-corrected chi connectivity index (χ3v) is 4.55. The third-order valence-electron chi connectivity index (χ3n) is 1.43. The van der Waals surface area contributed by atoms with Gasteiger partial charge in [-0.05, 0) is 0 Å². The molecule has 0 saturated carbocycles. The van der Waals surface area contributed by atoms with Crippen molar-refractivity contribution >= 4 is 34.4 Å². The average molecular weight is 312 g/mol. The quantitative estimate of drug-likeness (QED) is 0.791. The molecule has 0 saturated heterocycles. The third kappa shape index (κ3) is 3.38. The fourth-order valence-corrected chi connectivity index (χ4v) is 3.39. The van der Waals surface area contributed by atoms with Crippen LogP contribution in [0.5, 0.6) is 0 Å². The van der Waals surface area contributed by atoms with E-state index < -0.39 is 0 Å². The summed E-state index contributed by atoms with van der Waals surface area (Å²) < 4.78 is 1.02. The predicted molar refractivity (Wildman–Crippen MR) is 57.2 cm³/mol. The zero-order valence-electron chi connectivity index (χ0n) is 7.18. The molecule has 0 unspecified atom stereocenters. The van der Waals surface area contributed by atoms with E-state index in [9.17, 15) is 0 Å². The fourth-order valence-electron chi connectivity index (χ4n) is 0.882. The Morgan fingerprint density at radius 1 is 1.14 bits per heavy atom. The first-order valence-electron chi connectivity index (χ1n) is 3.74. The molecule has 0 spiro atoms. The Morgan fingerprint density at radius 3 is 2.43 bits per heavy atom. The Morgan fingerprint density at radius 2 is 1.86 bits per heavy atom. The van der Waals surface area contributed by atoms with Gasteiger partial charge in [-0.3, -0.25) is 0 Å². The first kappa shape index (κ1) is 11.1. The first-order valence-corrected chi connectivity index (χ1v) is 7.30. The minimum atomic E-state index is -0.181. The molecule has 0 bridgehead atoms. The average Bonchev–Trinajstić information content (AvgIpc) is 2.25. The maximum absolute atomic E-state index is 8.66. The summed E-state index contributed by atoms with van der Waals surface area (Å²) in [6.07, 6.45) is 0. The summed E-state index contributed by atoms with van der Waals surface area (Å²) in [7, 11) is 0. The van der Waals surface area contributed by atoms with Crippen LogP contribution < -0.4 is 0 Å². The van der Waals surface area contributed by atoms with Gasteiger partial charge in [0.15, 0.2) is 0 Å². The van der Waals surface area contributed by atoms with Gasteiger partial charge in [0, 0.05) is 0 Å². The molecule has 0 aliphatic carbocycles. The molecule has 0 atom stereocenters. The van der Waals surface area contributed by atoms with Crippen LogP contribution in [0.1, 0.15) is 5.56 Å². The Hall–Kier alpha value is -1.02. The van der Waals surface area contributed by atoms with Crippen LogP contribution >= 0.6 is 0 Å². The van der Waals surface area contributed by atoms with Gasteiger partial charge < -0.3 is 0 Å². The van der Waals surface area contributed by atoms with Crippen LogP contribution in [0.15, 0.2) is 35.3 Å². The molecule has 1 rings (SSSR count). The van der Waals surface area contributed by atoms with E-state index in [4.69, 9.17) is 10.5 Å². The number of rotatable bonds is 3. The summed E-state index contributed by atoms with van der Waals surface area (Å²) in [5.74, 6) is 0. The number of benzene rings is 1. The summed E-state index contributed by atoms with van der Waals surface area (Å²) >= 11 is -0.330. The van der Waals surface area contributed by atoms with E-state index in [1.165, 1.54) is 0 Å². The van der Waals surface area contributed by atoms with Gasteiger partial charge in [-0.25, -0.2) is 0 Å². The van der Waals surface area contributed by atoms with E-state index in [1.54, 1.807) is 0 Å². The minimum absolute atomic E-state index is 0.149. The molecule has 0 radical (unpaired) electrons. The van der Waals surface area contributed by atoms with E-state index in [2.05, 4.69) is 9.94 Å². The zero-order chi connectivity index (χ0) is 10.2. The van der Waals surface area contributed by atoms with Crippen molar-refractivity contribution in [2.24, 2.45) is 0 Å². The van der Waals surface area contributed by atoms with Crippen LogP contribution in [0, 0.1) is 20.5 Å². The van der Waals surface area contributed by atoms with Gasteiger partial charge in [0.05, 0.1) is 0 Å². The molecule has 0 N–H and O–H groups in total. The topological polar surface area (TPSA) is 47.6 Å². The molecule has 14 heavy (non-hydrogen) atoms. The molecule has 1 aromatic rings. The van der Waals surface area contributed by atoms with Crippen LogP contribution in [0.4, 0.5) is 0 Å². The predicted octanol–water partition coefficient (Wildman–Crippen LogP) is 1.36. The van der Waals surface area contributed by atoms with Crippen molar-refractivity contribution in [2.75, 3.05) is 0 Å². The molecule has 0 heterocycles. The molecule has 4 heteroatoms. The second kappa shape index (κ2) is 6.44. The molecule has 0 aliphatic heterocycles. The van der Waals surface area contributed by atoms with Crippen molar-refractivity contribution in [1.29, 1.82) is 10.5 Å². The molecule has 0 amide bonds. The van der Waals surface area contributed by atoms with Gasteiger partial charge >= 0.3 is 95.7 Å². The number of hydrogen-bond donors (Lipinski definition) is 0. The van der Waals surface area contributed by atoms with Crippen LogP contribution in [-0.2, 0) is 0 Å². The zero-order valence-corrected chi connectivity index (χ0v) is 10.6. The summed E-state index contributed by atoms with van der Waals surface area (Å²) in [4.78, 5) is 6.18. The summed E-state index contributed by atoms with van der Waals surface area (Å²) in [6, 6.07) is 9.76. The van der Waals surface area contributed by atoms with Crippen molar-refractivity contribution in [2.45, 2.75) is 0 Å².